The molecule has 1 aliphatic heterocycles. The number of hydrogen-bond acceptors (Lipinski definition) is 3. The molecule has 1 fully saturated rings. The second-order valence-electron chi connectivity index (χ2n) is 4.23. The molecule has 1 heterocycles. The van der Waals surface area contributed by atoms with Crippen LogP contribution in [0.3, 0.4) is 0 Å². The summed E-state index contributed by atoms with van der Waals surface area (Å²) in [6.07, 6.45) is 3.57. The van der Waals surface area contributed by atoms with Gasteiger partial charge in [-0.05, 0) is 52.2 Å². The number of carboxylic acid groups (broad SMARTS) is 1. The molecule has 1 aliphatic rings. The van der Waals surface area contributed by atoms with Crippen molar-refractivity contribution < 1.29 is 15.0 Å². The number of hydrogen-bond donors (Lipinski definition) is 2. The first-order valence-corrected chi connectivity index (χ1v) is 5.20. The van der Waals surface area contributed by atoms with Crippen LogP contribution in [0, 0.1) is 0 Å². The van der Waals surface area contributed by atoms with Gasteiger partial charge < -0.3 is 15.1 Å². The molecular formula is C10H19NO3. The standard InChI is InChI=1S/C10H19NO3/c1-10(14,9(12)13)5-4-8-11-6-2-3-7-11/h14H,2-8H2,1H3,(H,12,13). The molecule has 0 spiro atoms. The fraction of sp³-hybridized carbons (Fsp3) is 0.900. The van der Waals surface area contributed by atoms with E-state index in [1.165, 1.54) is 19.8 Å². The van der Waals surface area contributed by atoms with Gasteiger partial charge in [0.05, 0.1) is 0 Å². The summed E-state index contributed by atoms with van der Waals surface area (Å²) in [5.41, 5.74) is -1.56. The van der Waals surface area contributed by atoms with Crippen molar-refractivity contribution in [3.8, 4) is 0 Å². The van der Waals surface area contributed by atoms with Gasteiger partial charge in [0, 0.05) is 0 Å². The third-order valence-electron chi connectivity index (χ3n) is 2.80. The lowest BCUT2D eigenvalue weighted by Crippen LogP contribution is -2.35. The van der Waals surface area contributed by atoms with Gasteiger partial charge >= 0.3 is 5.97 Å². The van der Waals surface area contributed by atoms with Crippen LogP contribution in [0.15, 0.2) is 0 Å². The zero-order valence-electron chi connectivity index (χ0n) is 8.70. The van der Waals surface area contributed by atoms with Gasteiger partial charge in [-0.1, -0.05) is 0 Å². The lowest BCUT2D eigenvalue weighted by molar-refractivity contribution is -0.157. The van der Waals surface area contributed by atoms with Crippen molar-refractivity contribution in [1.29, 1.82) is 0 Å². The van der Waals surface area contributed by atoms with Gasteiger partial charge in [0.15, 0.2) is 5.60 Å². The zero-order chi connectivity index (χ0) is 10.6. The van der Waals surface area contributed by atoms with Gasteiger partial charge in [-0.15, -0.1) is 0 Å². The van der Waals surface area contributed by atoms with Gasteiger partial charge in [-0.25, -0.2) is 4.79 Å². The Morgan fingerprint density at radius 1 is 1.43 bits per heavy atom. The molecule has 1 unspecified atom stereocenters. The number of likely N-dealkylation sites (tertiary alicyclic amines) is 1. The predicted molar refractivity (Wildman–Crippen MR) is 53.2 cm³/mol. The first kappa shape index (κ1) is 11.5. The van der Waals surface area contributed by atoms with E-state index >= 15 is 0 Å². The minimum Gasteiger partial charge on any atom is -0.479 e. The third kappa shape index (κ3) is 3.27. The quantitative estimate of drug-likeness (QED) is 0.687. The SMILES string of the molecule is CC(O)(CCCN1CCCC1)C(=O)O. The highest BCUT2D eigenvalue weighted by atomic mass is 16.4. The smallest absolute Gasteiger partial charge is 0.335 e. The second-order valence-corrected chi connectivity index (χ2v) is 4.23. The average Bonchev–Trinajstić information content (AvgIpc) is 2.56. The summed E-state index contributed by atoms with van der Waals surface area (Å²) in [6, 6.07) is 0. The van der Waals surface area contributed by atoms with Gasteiger partial charge in [0.1, 0.15) is 0 Å². The summed E-state index contributed by atoms with van der Waals surface area (Å²) < 4.78 is 0. The fourth-order valence-electron chi connectivity index (χ4n) is 1.76. The number of nitrogens with zero attached hydrogens (tertiary/aromatic N) is 1. The summed E-state index contributed by atoms with van der Waals surface area (Å²) >= 11 is 0. The molecular weight excluding hydrogens is 182 g/mol. The van der Waals surface area contributed by atoms with Crippen LogP contribution in [0.5, 0.6) is 0 Å². The lowest BCUT2D eigenvalue weighted by atomic mass is 10.0. The van der Waals surface area contributed by atoms with E-state index in [0.717, 1.165) is 26.1 Å². The average molecular weight is 201 g/mol. The van der Waals surface area contributed by atoms with E-state index in [1.54, 1.807) is 0 Å². The summed E-state index contributed by atoms with van der Waals surface area (Å²) in [7, 11) is 0. The summed E-state index contributed by atoms with van der Waals surface area (Å²) in [5, 5.41) is 18.1. The Kier molecular flexibility index (Phi) is 3.89. The van der Waals surface area contributed by atoms with Crippen molar-refractivity contribution in [1.82, 2.24) is 4.90 Å². The molecule has 0 aromatic heterocycles. The molecule has 0 bridgehead atoms. The first-order valence-electron chi connectivity index (χ1n) is 5.20. The van der Waals surface area contributed by atoms with Crippen LogP contribution in [0.1, 0.15) is 32.6 Å². The van der Waals surface area contributed by atoms with Gasteiger partial charge in [-0.3, -0.25) is 0 Å². The Labute approximate surface area is 84.5 Å². The Morgan fingerprint density at radius 3 is 2.50 bits per heavy atom. The number of carboxylic acids is 1. The van der Waals surface area contributed by atoms with E-state index in [-0.39, 0.29) is 0 Å². The molecule has 0 saturated carbocycles. The Bertz CT molecular complexity index is 198. The second kappa shape index (κ2) is 4.75. The van der Waals surface area contributed by atoms with Crippen molar-refractivity contribution in [2.24, 2.45) is 0 Å². The van der Waals surface area contributed by atoms with Gasteiger partial charge in [0.2, 0.25) is 0 Å². The van der Waals surface area contributed by atoms with E-state index in [2.05, 4.69) is 4.90 Å². The van der Waals surface area contributed by atoms with E-state index in [0.29, 0.717) is 6.42 Å². The molecule has 1 atom stereocenters. The maximum absolute atomic E-state index is 10.6. The molecule has 4 heteroatoms. The summed E-state index contributed by atoms with van der Waals surface area (Å²) in [4.78, 5) is 12.9. The Morgan fingerprint density at radius 2 is 2.00 bits per heavy atom. The van der Waals surface area contributed by atoms with Crippen molar-refractivity contribution >= 4 is 5.97 Å². The Hall–Kier alpha value is -0.610. The molecule has 82 valence electrons. The minimum absolute atomic E-state index is 0.332. The number of aliphatic carboxylic acids is 1. The number of aliphatic hydroxyl groups is 1. The fourth-order valence-corrected chi connectivity index (χ4v) is 1.76. The van der Waals surface area contributed by atoms with Crippen LogP contribution in [-0.4, -0.2) is 46.3 Å². The van der Waals surface area contributed by atoms with Gasteiger partial charge in [-0.2, -0.15) is 0 Å². The molecule has 0 radical (unpaired) electrons. The van der Waals surface area contributed by atoms with Gasteiger partial charge in [0.25, 0.3) is 0 Å². The highest BCUT2D eigenvalue weighted by molar-refractivity contribution is 5.76. The van der Waals surface area contributed by atoms with Crippen LogP contribution >= 0.6 is 0 Å². The summed E-state index contributed by atoms with van der Waals surface area (Å²) in [6.45, 7) is 4.51. The van der Waals surface area contributed by atoms with Crippen LogP contribution in [-0.2, 0) is 4.79 Å². The largest absolute Gasteiger partial charge is 0.479 e. The van der Waals surface area contributed by atoms with E-state index < -0.39 is 11.6 Å². The molecule has 14 heavy (non-hydrogen) atoms. The highest BCUT2D eigenvalue weighted by Crippen LogP contribution is 2.14. The third-order valence-corrected chi connectivity index (χ3v) is 2.80. The topological polar surface area (TPSA) is 60.8 Å². The molecule has 1 saturated heterocycles. The Balaban J connectivity index is 2.16. The maximum Gasteiger partial charge on any atom is 0.335 e. The monoisotopic (exact) mass is 201 g/mol. The molecule has 0 aromatic rings. The molecule has 1 rings (SSSR count). The molecule has 2 N–H and O–H groups in total. The summed E-state index contributed by atoms with van der Waals surface area (Å²) in [5.74, 6) is -1.13. The first-order chi connectivity index (χ1) is 6.52. The zero-order valence-corrected chi connectivity index (χ0v) is 8.70. The van der Waals surface area contributed by atoms with Crippen LogP contribution in [0.25, 0.3) is 0 Å². The molecule has 4 nitrogen and oxygen atoms in total. The van der Waals surface area contributed by atoms with Crippen LogP contribution in [0.2, 0.25) is 0 Å². The van der Waals surface area contributed by atoms with Crippen LogP contribution < -0.4 is 0 Å². The van der Waals surface area contributed by atoms with Crippen molar-refractivity contribution in [2.45, 2.75) is 38.2 Å². The molecule has 0 amide bonds. The van der Waals surface area contributed by atoms with E-state index in [9.17, 15) is 9.90 Å². The maximum atomic E-state index is 10.6. The predicted octanol–water partition coefficient (Wildman–Crippen LogP) is 0.698. The van der Waals surface area contributed by atoms with E-state index in [4.69, 9.17) is 5.11 Å². The highest BCUT2D eigenvalue weighted by Gasteiger charge is 2.29. The van der Waals surface area contributed by atoms with Crippen molar-refractivity contribution in [3.05, 3.63) is 0 Å². The van der Waals surface area contributed by atoms with Crippen molar-refractivity contribution in [3.63, 3.8) is 0 Å². The number of carbonyl (C=O) groups is 1. The number of rotatable bonds is 5. The molecule has 0 aromatic carbocycles. The lowest BCUT2D eigenvalue weighted by Gasteiger charge is -2.20. The van der Waals surface area contributed by atoms with Crippen molar-refractivity contribution in [2.75, 3.05) is 19.6 Å². The normalized spacial score (nSPS) is 22.1. The van der Waals surface area contributed by atoms with Crippen LogP contribution in [0.4, 0.5) is 0 Å². The molecule has 0 aliphatic carbocycles. The van der Waals surface area contributed by atoms with E-state index in [1.807, 2.05) is 0 Å². The minimum atomic E-state index is -1.56.